The zero-order valence-electron chi connectivity index (χ0n) is 13.6. The molecule has 24 heavy (non-hydrogen) atoms. The SMILES string of the molecule is NCc1nnc(N2CCN(c3ccccc3)CC2)c2ccccc12. The van der Waals surface area contributed by atoms with Crippen molar-refractivity contribution in [1.29, 1.82) is 0 Å². The van der Waals surface area contributed by atoms with Crippen molar-refractivity contribution in [3.05, 3.63) is 60.3 Å². The highest BCUT2D eigenvalue weighted by atomic mass is 15.3. The summed E-state index contributed by atoms with van der Waals surface area (Å²) in [4.78, 5) is 4.75. The molecule has 1 saturated heterocycles. The first kappa shape index (κ1) is 14.9. The molecule has 1 aliphatic rings. The smallest absolute Gasteiger partial charge is 0.159 e. The van der Waals surface area contributed by atoms with E-state index in [9.17, 15) is 0 Å². The Kier molecular flexibility index (Phi) is 4.01. The molecule has 0 unspecified atom stereocenters. The number of benzene rings is 2. The van der Waals surface area contributed by atoms with Crippen molar-refractivity contribution in [1.82, 2.24) is 10.2 Å². The molecule has 1 aromatic heterocycles. The molecule has 3 aromatic rings. The molecule has 0 aliphatic carbocycles. The fraction of sp³-hybridized carbons (Fsp3) is 0.263. The van der Waals surface area contributed by atoms with E-state index in [2.05, 4.69) is 62.5 Å². The summed E-state index contributed by atoms with van der Waals surface area (Å²) in [6, 6.07) is 18.8. The molecule has 0 atom stereocenters. The molecule has 122 valence electrons. The van der Waals surface area contributed by atoms with Gasteiger partial charge in [0.25, 0.3) is 0 Å². The third kappa shape index (κ3) is 2.67. The maximum absolute atomic E-state index is 5.80. The van der Waals surface area contributed by atoms with E-state index < -0.39 is 0 Å². The van der Waals surface area contributed by atoms with Gasteiger partial charge in [-0.15, -0.1) is 5.10 Å². The van der Waals surface area contributed by atoms with E-state index in [0.717, 1.165) is 48.5 Å². The summed E-state index contributed by atoms with van der Waals surface area (Å²) >= 11 is 0. The predicted molar refractivity (Wildman–Crippen MR) is 98.3 cm³/mol. The Labute approximate surface area is 141 Å². The van der Waals surface area contributed by atoms with Gasteiger partial charge in [0.05, 0.1) is 5.69 Å². The van der Waals surface area contributed by atoms with Crippen molar-refractivity contribution in [2.45, 2.75) is 6.54 Å². The monoisotopic (exact) mass is 319 g/mol. The standard InChI is InChI=1S/C19H21N5/c20-14-18-16-8-4-5-9-17(16)19(22-21-18)24-12-10-23(11-13-24)15-6-2-1-3-7-15/h1-9H,10-14,20H2. The van der Waals surface area contributed by atoms with Gasteiger partial charge in [-0.05, 0) is 12.1 Å². The Hall–Kier alpha value is -2.66. The maximum Gasteiger partial charge on any atom is 0.159 e. The molecule has 0 amide bonds. The number of aromatic nitrogens is 2. The molecule has 1 fully saturated rings. The summed E-state index contributed by atoms with van der Waals surface area (Å²) in [5, 5.41) is 11.1. The average Bonchev–Trinajstić information content (AvgIpc) is 2.68. The average molecular weight is 319 g/mol. The Morgan fingerprint density at radius 1 is 0.750 bits per heavy atom. The molecular formula is C19H21N5. The van der Waals surface area contributed by atoms with Crippen molar-refractivity contribution >= 4 is 22.3 Å². The Bertz CT molecular complexity index is 826. The van der Waals surface area contributed by atoms with Crippen LogP contribution in [-0.2, 0) is 6.54 Å². The first-order chi connectivity index (χ1) is 11.9. The lowest BCUT2D eigenvalue weighted by Crippen LogP contribution is -2.47. The van der Waals surface area contributed by atoms with Crippen molar-refractivity contribution < 1.29 is 0 Å². The van der Waals surface area contributed by atoms with Crippen molar-refractivity contribution in [2.24, 2.45) is 5.73 Å². The molecule has 2 heterocycles. The highest BCUT2D eigenvalue weighted by Gasteiger charge is 2.20. The summed E-state index contributed by atoms with van der Waals surface area (Å²) in [5.41, 5.74) is 7.95. The third-order valence-electron chi connectivity index (χ3n) is 4.64. The van der Waals surface area contributed by atoms with Gasteiger partial charge in [0.1, 0.15) is 0 Å². The number of hydrogen-bond donors (Lipinski definition) is 1. The van der Waals surface area contributed by atoms with Gasteiger partial charge < -0.3 is 15.5 Å². The lowest BCUT2D eigenvalue weighted by atomic mass is 10.1. The lowest BCUT2D eigenvalue weighted by molar-refractivity contribution is 0.645. The minimum atomic E-state index is 0.412. The second kappa shape index (κ2) is 6.45. The number of rotatable bonds is 3. The Morgan fingerprint density at radius 2 is 1.38 bits per heavy atom. The van der Waals surface area contributed by atoms with Crippen LogP contribution in [0.2, 0.25) is 0 Å². The van der Waals surface area contributed by atoms with Gasteiger partial charge in [-0.1, -0.05) is 42.5 Å². The zero-order chi connectivity index (χ0) is 16.4. The number of anilines is 2. The van der Waals surface area contributed by atoms with Crippen molar-refractivity contribution in [2.75, 3.05) is 36.0 Å². The highest BCUT2D eigenvalue weighted by Crippen LogP contribution is 2.27. The summed E-state index contributed by atoms with van der Waals surface area (Å²) in [6.45, 7) is 4.26. The van der Waals surface area contributed by atoms with E-state index in [0.29, 0.717) is 6.54 Å². The molecule has 0 bridgehead atoms. The first-order valence-electron chi connectivity index (χ1n) is 8.36. The van der Waals surface area contributed by atoms with Gasteiger partial charge in [-0.25, -0.2) is 0 Å². The van der Waals surface area contributed by atoms with E-state index in [-0.39, 0.29) is 0 Å². The predicted octanol–water partition coefficient (Wildman–Crippen LogP) is 2.42. The topological polar surface area (TPSA) is 58.3 Å². The van der Waals surface area contributed by atoms with Gasteiger partial charge >= 0.3 is 0 Å². The van der Waals surface area contributed by atoms with Crippen LogP contribution in [0.3, 0.4) is 0 Å². The van der Waals surface area contributed by atoms with Crippen LogP contribution >= 0.6 is 0 Å². The van der Waals surface area contributed by atoms with Crippen LogP contribution in [0.5, 0.6) is 0 Å². The van der Waals surface area contributed by atoms with E-state index in [1.807, 2.05) is 12.1 Å². The van der Waals surface area contributed by atoms with Gasteiger partial charge in [0, 0.05) is 49.2 Å². The second-order valence-electron chi connectivity index (χ2n) is 6.03. The van der Waals surface area contributed by atoms with Crippen LogP contribution in [0.1, 0.15) is 5.69 Å². The summed E-state index contributed by atoms with van der Waals surface area (Å²) < 4.78 is 0. The summed E-state index contributed by atoms with van der Waals surface area (Å²) in [6.07, 6.45) is 0. The number of piperazine rings is 1. The van der Waals surface area contributed by atoms with Crippen LogP contribution in [0, 0.1) is 0 Å². The lowest BCUT2D eigenvalue weighted by Gasteiger charge is -2.37. The van der Waals surface area contributed by atoms with Crippen LogP contribution in [0.15, 0.2) is 54.6 Å². The molecule has 0 radical (unpaired) electrons. The molecular weight excluding hydrogens is 298 g/mol. The number of fused-ring (bicyclic) bond motifs is 1. The number of nitrogens with zero attached hydrogens (tertiary/aromatic N) is 4. The highest BCUT2D eigenvalue weighted by molar-refractivity contribution is 5.93. The van der Waals surface area contributed by atoms with E-state index in [1.165, 1.54) is 5.69 Å². The molecule has 4 rings (SSSR count). The Balaban J connectivity index is 1.59. The molecule has 2 aromatic carbocycles. The molecule has 1 aliphatic heterocycles. The van der Waals surface area contributed by atoms with Crippen LogP contribution in [0.25, 0.3) is 10.8 Å². The summed E-state index contributed by atoms with van der Waals surface area (Å²) in [7, 11) is 0. The van der Waals surface area contributed by atoms with E-state index >= 15 is 0 Å². The maximum atomic E-state index is 5.80. The largest absolute Gasteiger partial charge is 0.368 e. The van der Waals surface area contributed by atoms with Gasteiger partial charge in [-0.3, -0.25) is 0 Å². The van der Waals surface area contributed by atoms with Crippen LogP contribution < -0.4 is 15.5 Å². The van der Waals surface area contributed by atoms with Crippen molar-refractivity contribution in [3.63, 3.8) is 0 Å². The van der Waals surface area contributed by atoms with Crippen LogP contribution in [0.4, 0.5) is 11.5 Å². The molecule has 5 heteroatoms. The fourth-order valence-corrected chi connectivity index (χ4v) is 3.34. The molecule has 5 nitrogen and oxygen atoms in total. The third-order valence-corrected chi connectivity index (χ3v) is 4.64. The van der Waals surface area contributed by atoms with Gasteiger partial charge in [0.2, 0.25) is 0 Å². The first-order valence-corrected chi connectivity index (χ1v) is 8.36. The minimum Gasteiger partial charge on any atom is -0.368 e. The van der Waals surface area contributed by atoms with Gasteiger partial charge in [0.15, 0.2) is 5.82 Å². The van der Waals surface area contributed by atoms with E-state index in [1.54, 1.807) is 0 Å². The Morgan fingerprint density at radius 3 is 2.08 bits per heavy atom. The zero-order valence-corrected chi connectivity index (χ0v) is 13.6. The molecule has 0 saturated carbocycles. The number of hydrogen-bond acceptors (Lipinski definition) is 5. The number of nitrogens with two attached hydrogens (primary N) is 1. The van der Waals surface area contributed by atoms with Crippen LogP contribution in [-0.4, -0.2) is 36.4 Å². The number of para-hydroxylation sites is 1. The van der Waals surface area contributed by atoms with Gasteiger partial charge in [-0.2, -0.15) is 5.10 Å². The summed E-state index contributed by atoms with van der Waals surface area (Å²) in [5.74, 6) is 0.968. The quantitative estimate of drug-likeness (QED) is 0.803. The minimum absolute atomic E-state index is 0.412. The molecule has 2 N–H and O–H groups in total. The van der Waals surface area contributed by atoms with Crippen molar-refractivity contribution in [3.8, 4) is 0 Å². The molecule has 0 spiro atoms. The fourth-order valence-electron chi connectivity index (χ4n) is 3.34. The normalized spacial score (nSPS) is 15.0. The second-order valence-corrected chi connectivity index (χ2v) is 6.03. The van der Waals surface area contributed by atoms with E-state index in [4.69, 9.17) is 5.73 Å².